The van der Waals surface area contributed by atoms with Crippen molar-refractivity contribution in [3.05, 3.63) is 24.0 Å². The molecule has 1 heterocycles. The highest BCUT2D eigenvalue weighted by molar-refractivity contribution is 5.80. The number of aromatic nitrogens is 2. The Bertz CT molecular complexity index is 644. The number of nitrogens with two attached hydrogens (primary N) is 1. The summed E-state index contributed by atoms with van der Waals surface area (Å²) < 4.78 is 7.97. The Morgan fingerprint density at radius 1 is 1.45 bits per heavy atom. The van der Waals surface area contributed by atoms with Crippen molar-refractivity contribution in [2.24, 2.45) is 5.41 Å². The SMILES string of the molecule is CCc1nc2cc(N)ccc2n1C1CC(OC)C1(C)C. The molecule has 2 atom stereocenters. The average molecular weight is 273 g/mol. The zero-order valence-corrected chi connectivity index (χ0v) is 12.7. The van der Waals surface area contributed by atoms with Gasteiger partial charge in [0, 0.05) is 30.7 Å². The minimum atomic E-state index is 0.133. The van der Waals surface area contributed by atoms with Gasteiger partial charge in [0.15, 0.2) is 0 Å². The molecule has 0 aliphatic heterocycles. The number of nitrogen functional groups attached to an aromatic ring is 1. The summed E-state index contributed by atoms with van der Waals surface area (Å²) in [5.74, 6) is 1.14. The topological polar surface area (TPSA) is 53.1 Å². The molecule has 108 valence electrons. The zero-order valence-electron chi connectivity index (χ0n) is 12.7. The Hall–Kier alpha value is -1.55. The molecule has 2 unspecified atom stereocenters. The summed E-state index contributed by atoms with van der Waals surface area (Å²) >= 11 is 0. The van der Waals surface area contributed by atoms with Crippen LogP contribution in [0, 0.1) is 5.41 Å². The van der Waals surface area contributed by atoms with Gasteiger partial charge in [-0.05, 0) is 24.6 Å². The molecule has 1 aromatic heterocycles. The molecule has 0 bridgehead atoms. The van der Waals surface area contributed by atoms with Gasteiger partial charge in [-0.25, -0.2) is 4.98 Å². The Morgan fingerprint density at radius 2 is 2.20 bits per heavy atom. The number of benzene rings is 1. The summed E-state index contributed by atoms with van der Waals surface area (Å²) in [6, 6.07) is 6.45. The predicted molar refractivity (Wildman–Crippen MR) is 81.8 cm³/mol. The number of hydrogen-bond donors (Lipinski definition) is 1. The summed E-state index contributed by atoms with van der Waals surface area (Å²) in [7, 11) is 1.80. The highest BCUT2D eigenvalue weighted by atomic mass is 16.5. The molecule has 3 rings (SSSR count). The Balaban J connectivity index is 2.12. The quantitative estimate of drug-likeness (QED) is 0.874. The van der Waals surface area contributed by atoms with Crippen LogP contribution >= 0.6 is 0 Å². The van der Waals surface area contributed by atoms with E-state index < -0.39 is 0 Å². The van der Waals surface area contributed by atoms with Crippen LogP contribution in [0.15, 0.2) is 18.2 Å². The molecule has 0 saturated heterocycles. The molecule has 0 radical (unpaired) electrons. The van der Waals surface area contributed by atoms with Crippen molar-refractivity contribution < 1.29 is 4.74 Å². The number of methoxy groups -OCH3 is 1. The number of imidazole rings is 1. The fraction of sp³-hybridized carbons (Fsp3) is 0.562. The number of aryl methyl sites for hydroxylation is 1. The van der Waals surface area contributed by atoms with Crippen LogP contribution < -0.4 is 5.73 Å². The lowest BCUT2D eigenvalue weighted by Crippen LogP contribution is -2.51. The molecule has 4 nitrogen and oxygen atoms in total. The first kappa shape index (κ1) is 13.4. The molecule has 1 saturated carbocycles. The first-order chi connectivity index (χ1) is 9.48. The summed E-state index contributed by atoms with van der Waals surface area (Å²) in [5, 5.41) is 0. The highest BCUT2D eigenvalue weighted by Crippen LogP contribution is 2.52. The number of nitrogens with zero attached hydrogens (tertiary/aromatic N) is 2. The van der Waals surface area contributed by atoms with Crippen molar-refractivity contribution in [2.45, 2.75) is 45.8 Å². The van der Waals surface area contributed by atoms with E-state index in [1.165, 1.54) is 5.52 Å². The van der Waals surface area contributed by atoms with Crippen LogP contribution in [0.4, 0.5) is 5.69 Å². The number of anilines is 1. The van der Waals surface area contributed by atoms with Crippen molar-refractivity contribution in [3.63, 3.8) is 0 Å². The van der Waals surface area contributed by atoms with E-state index in [0.717, 1.165) is 29.9 Å². The van der Waals surface area contributed by atoms with E-state index in [1.54, 1.807) is 7.11 Å². The standard InChI is InChI=1S/C16H23N3O/c1-5-15-18-11-8-10(17)6-7-12(11)19(15)13-9-14(20-4)16(13,2)3/h6-8,13-14H,5,9,17H2,1-4H3. The van der Waals surface area contributed by atoms with Crippen LogP contribution in [0.1, 0.15) is 39.1 Å². The van der Waals surface area contributed by atoms with E-state index in [0.29, 0.717) is 12.1 Å². The summed E-state index contributed by atoms with van der Waals surface area (Å²) in [4.78, 5) is 4.75. The molecule has 1 aliphatic rings. The van der Waals surface area contributed by atoms with Crippen LogP contribution in [-0.2, 0) is 11.2 Å². The van der Waals surface area contributed by atoms with Gasteiger partial charge in [-0.2, -0.15) is 0 Å². The second kappa shape index (κ2) is 4.48. The number of rotatable bonds is 3. The van der Waals surface area contributed by atoms with Crippen molar-refractivity contribution in [1.29, 1.82) is 0 Å². The van der Waals surface area contributed by atoms with E-state index in [9.17, 15) is 0 Å². The van der Waals surface area contributed by atoms with Crippen molar-refractivity contribution >= 4 is 16.7 Å². The Morgan fingerprint density at radius 3 is 2.80 bits per heavy atom. The molecule has 0 spiro atoms. The first-order valence-corrected chi connectivity index (χ1v) is 7.28. The van der Waals surface area contributed by atoms with Gasteiger partial charge in [0.2, 0.25) is 0 Å². The zero-order chi connectivity index (χ0) is 14.5. The molecular formula is C16H23N3O. The fourth-order valence-corrected chi connectivity index (χ4v) is 3.47. The lowest BCUT2D eigenvalue weighted by Gasteiger charge is -2.52. The molecular weight excluding hydrogens is 250 g/mol. The third kappa shape index (κ3) is 1.74. The molecule has 2 N–H and O–H groups in total. The van der Waals surface area contributed by atoms with Gasteiger partial charge >= 0.3 is 0 Å². The maximum absolute atomic E-state index is 5.87. The minimum Gasteiger partial charge on any atom is -0.399 e. The summed E-state index contributed by atoms with van der Waals surface area (Å²) in [6.45, 7) is 6.70. The van der Waals surface area contributed by atoms with Gasteiger partial charge in [0.1, 0.15) is 5.82 Å². The van der Waals surface area contributed by atoms with E-state index in [4.69, 9.17) is 15.5 Å². The van der Waals surface area contributed by atoms with Crippen LogP contribution in [-0.4, -0.2) is 22.8 Å². The second-order valence-electron chi connectivity index (χ2n) is 6.30. The molecule has 0 amide bonds. The summed E-state index contributed by atoms with van der Waals surface area (Å²) in [6.07, 6.45) is 2.30. The van der Waals surface area contributed by atoms with Crippen LogP contribution in [0.5, 0.6) is 0 Å². The molecule has 4 heteroatoms. The fourth-order valence-electron chi connectivity index (χ4n) is 3.47. The van der Waals surface area contributed by atoms with Crippen LogP contribution in [0.25, 0.3) is 11.0 Å². The van der Waals surface area contributed by atoms with Gasteiger partial charge in [-0.3, -0.25) is 0 Å². The molecule has 2 aromatic rings. The summed E-state index contributed by atoms with van der Waals surface area (Å²) in [5.41, 5.74) is 8.96. The van der Waals surface area contributed by atoms with Crippen LogP contribution in [0.2, 0.25) is 0 Å². The molecule has 20 heavy (non-hydrogen) atoms. The highest BCUT2D eigenvalue weighted by Gasteiger charge is 2.50. The van der Waals surface area contributed by atoms with E-state index in [2.05, 4.69) is 31.4 Å². The molecule has 1 fully saturated rings. The maximum Gasteiger partial charge on any atom is 0.109 e. The first-order valence-electron chi connectivity index (χ1n) is 7.28. The predicted octanol–water partition coefficient (Wildman–Crippen LogP) is 3.17. The molecule has 1 aliphatic carbocycles. The normalized spacial score (nSPS) is 24.8. The maximum atomic E-state index is 5.87. The van der Waals surface area contributed by atoms with Gasteiger partial charge in [-0.15, -0.1) is 0 Å². The van der Waals surface area contributed by atoms with E-state index in [-0.39, 0.29) is 5.41 Å². The van der Waals surface area contributed by atoms with Gasteiger partial charge in [-0.1, -0.05) is 20.8 Å². The number of fused-ring (bicyclic) bond motifs is 1. The second-order valence-corrected chi connectivity index (χ2v) is 6.30. The monoisotopic (exact) mass is 273 g/mol. The smallest absolute Gasteiger partial charge is 0.109 e. The van der Waals surface area contributed by atoms with Crippen LogP contribution in [0.3, 0.4) is 0 Å². The minimum absolute atomic E-state index is 0.133. The van der Waals surface area contributed by atoms with Crippen molar-refractivity contribution in [1.82, 2.24) is 9.55 Å². The lowest BCUT2D eigenvalue weighted by molar-refractivity contribution is -0.112. The third-order valence-electron chi connectivity index (χ3n) is 4.83. The number of ether oxygens (including phenoxy) is 1. The van der Waals surface area contributed by atoms with Crippen molar-refractivity contribution in [3.8, 4) is 0 Å². The van der Waals surface area contributed by atoms with E-state index >= 15 is 0 Å². The van der Waals surface area contributed by atoms with Crippen molar-refractivity contribution in [2.75, 3.05) is 12.8 Å². The average Bonchev–Trinajstić information content (AvgIpc) is 2.75. The van der Waals surface area contributed by atoms with Gasteiger partial charge in [0.05, 0.1) is 17.1 Å². The Kier molecular flexibility index (Phi) is 3.01. The number of hydrogen-bond acceptors (Lipinski definition) is 3. The largest absolute Gasteiger partial charge is 0.399 e. The molecule has 1 aromatic carbocycles. The lowest BCUT2D eigenvalue weighted by atomic mass is 9.64. The van der Waals surface area contributed by atoms with Gasteiger partial charge < -0.3 is 15.0 Å². The third-order valence-corrected chi connectivity index (χ3v) is 4.83. The van der Waals surface area contributed by atoms with E-state index in [1.807, 2.05) is 12.1 Å². The van der Waals surface area contributed by atoms with Gasteiger partial charge in [0.25, 0.3) is 0 Å². The Labute approximate surface area is 119 Å².